The number of rotatable bonds is 8. The summed E-state index contributed by atoms with van der Waals surface area (Å²) >= 11 is -2.49. The van der Waals surface area contributed by atoms with Crippen LogP contribution in [0.3, 0.4) is 0 Å². The molecule has 2 aliphatic rings. The van der Waals surface area contributed by atoms with Gasteiger partial charge < -0.3 is 0 Å². The molecule has 0 aromatic heterocycles. The Morgan fingerprint density at radius 2 is 1.65 bits per heavy atom. The lowest BCUT2D eigenvalue weighted by molar-refractivity contribution is -0.151. The summed E-state index contributed by atoms with van der Waals surface area (Å²) in [6.45, 7) is 1.96. The third kappa shape index (κ3) is 4.70. The van der Waals surface area contributed by atoms with Crippen molar-refractivity contribution in [3.05, 3.63) is 70.8 Å². The first-order valence-electron chi connectivity index (χ1n) is 10.9. The number of hydrogen-bond acceptors (Lipinski definition) is 6. The average molecular weight is 485 g/mol. The van der Waals surface area contributed by atoms with Crippen LogP contribution in [0.2, 0.25) is 0 Å². The maximum atomic E-state index is 13.2. The van der Waals surface area contributed by atoms with E-state index >= 15 is 0 Å². The second-order valence-electron chi connectivity index (χ2n) is 8.32. The number of aryl methyl sites for hydroxylation is 1. The molecular weight excluding hydrogens is 460 g/mol. The molecule has 34 heavy (non-hydrogen) atoms. The molecule has 1 N–H and O–H groups in total. The predicted octanol–water partition coefficient (Wildman–Crippen LogP) is 2.78. The summed E-state index contributed by atoms with van der Waals surface area (Å²) < 4.78 is 25.6. The minimum atomic E-state index is -2.49. The summed E-state index contributed by atoms with van der Waals surface area (Å²) in [5.41, 5.74) is 2.22. The lowest BCUT2D eigenvalue weighted by Gasteiger charge is -2.34. The van der Waals surface area contributed by atoms with Crippen molar-refractivity contribution in [3.8, 4) is 0 Å². The number of nitrogens with zero attached hydrogens (tertiary/aromatic N) is 2. The van der Waals surface area contributed by atoms with Crippen molar-refractivity contribution >= 4 is 35.0 Å². The van der Waals surface area contributed by atoms with Crippen LogP contribution in [0.25, 0.3) is 0 Å². The number of imide groups is 2. The van der Waals surface area contributed by atoms with Gasteiger partial charge in [0, 0.05) is 13.0 Å². The number of piperidine rings is 1. The van der Waals surface area contributed by atoms with Crippen LogP contribution in [-0.4, -0.2) is 54.8 Å². The number of carbonyl (C=O) groups excluding carboxylic acids is 4. The van der Waals surface area contributed by atoms with E-state index < -0.39 is 41.2 Å². The van der Waals surface area contributed by atoms with Gasteiger partial charge >= 0.3 is 11.4 Å². The minimum absolute atomic E-state index is 0.0301. The van der Waals surface area contributed by atoms with Crippen molar-refractivity contribution in [2.24, 2.45) is 0 Å². The van der Waals surface area contributed by atoms with E-state index in [-0.39, 0.29) is 42.8 Å². The summed E-state index contributed by atoms with van der Waals surface area (Å²) in [6, 6.07) is 12.6. The summed E-state index contributed by atoms with van der Waals surface area (Å²) in [5.74, 6) is -2.04. The van der Waals surface area contributed by atoms with Crippen molar-refractivity contribution < 1.29 is 32.1 Å². The molecule has 3 atom stereocenters. The summed E-state index contributed by atoms with van der Waals surface area (Å²) in [6.07, 6.45) is 0.000650. The second kappa shape index (κ2) is 9.96. The molecule has 0 bridgehead atoms. The highest BCUT2D eigenvalue weighted by atomic mass is 32.2. The molecule has 2 aromatic rings. The fourth-order valence-corrected chi connectivity index (χ4v) is 4.78. The van der Waals surface area contributed by atoms with Gasteiger partial charge in [0.05, 0.1) is 11.1 Å². The van der Waals surface area contributed by atoms with Crippen LogP contribution in [0.5, 0.6) is 0 Å². The minimum Gasteiger partial charge on any atom is -0.284 e. The molecule has 4 amide bonds. The standard InChI is InChI=1S/C24H24N2O7S/c1-15-8-10-16(11-9-15)20(33-34(31)32)7-4-14-25-21(27)13-12-19(24(25)30)26-22(28)17-5-2-3-6-18(17)23(26)29/h2-3,5-6,8-11,19-20H,4,7,12-14H2,1H3,(H,31,32). The van der Waals surface area contributed by atoms with E-state index in [4.69, 9.17) is 4.18 Å². The largest absolute Gasteiger partial charge is 0.302 e. The molecule has 9 nitrogen and oxygen atoms in total. The lowest BCUT2D eigenvalue weighted by atomic mass is 10.0. The normalized spacial score (nSPS) is 20.0. The number of carbonyl (C=O) groups is 4. The molecule has 1 saturated heterocycles. The maximum absolute atomic E-state index is 13.2. The molecule has 0 aliphatic carbocycles. The fourth-order valence-electron chi connectivity index (χ4n) is 4.37. The van der Waals surface area contributed by atoms with E-state index in [1.165, 1.54) is 0 Å². The molecule has 0 saturated carbocycles. The van der Waals surface area contributed by atoms with Crippen molar-refractivity contribution in [1.29, 1.82) is 0 Å². The molecule has 3 unspecified atom stereocenters. The van der Waals surface area contributed by atoms with Gasteiger partial charge in [-0.1, -0.05) is 42.0 Å². The van der Waals surface area contributed by atoms with Gasteiger partial charge in [-0.25, -0.2) is 0 Å². The van der Waals surface area contributed by atoms with Gasteiger partial charge in [0.2, 0.25) is 5.91 Å². The average Bonchev–Trinajstić information content (AvgIpc) is 3.06. The van der Waals surface area contributed by atoms with E-state index in [1.807, 2.05) is 19.1 Å². The Morgan fingerprint density at radius 1 is 1.03 bits per heavy atom. The topological polar surface area (TPSA) is 121 Å². The number of benzene rings is 2. The van der Waals surface area contributed by atoms with Gasteiger partial charge in [-0.3, -0.25) is 37.7 Å². The fraction of sp³-hybridized carbons (Fsp3) is 0.333. The molecule has 1 fully saturated rings. The van der Waals surface area contributed by atoms with Crippen LogP contribution >= 0.6 is 0 Å². The van der Waals surface area contributed by atoms with E-state index in [2.05, 4.69) is 0 Å². The molecule has 10 heteroatoms. The predicted molar refractivity (Wildman–Crippen MR) is 122 cm³/mol. The highest BCUT2D eigenvalue weighted by molar-refractivity contribution is 7.74. The van der Waals surface area contributed by atoms with Gasteiger partial charge in [-0.05, 0) is 43.9 Å². The van der Waals surface area contributed by atoms with Gasteiger partial charge in [0.15, 0.2) is 0 Å². The Labute approximate surface area is 199 Å². The Kier molecular flexibility index (Phi) is 7.01. The van der Waals surface area contributed by atoms with E-state index in [1.54, 1.807) is 36.4 Å². The van der Waals surface area contributed by atoms with Crippen molar-refractivity contribution in [1.82, 2.24) is 9.80 Å². The van der Waals surface area contributed by atoms with Gasteiger partial charge in [-0.15, -0.1) is 0 Å². The maximum Gasteiger partial charge on any atom is 0.302 e. The smallest absolute Gasteiger partial charge is 0.284 e. The first-order valence-corrected chi connectivity index (χ1v) is 12.0. The number of hydrogen-bond donors (Lipinski definition) is 1. The van der Waals surface area contributed by atoms with E-state index in [0.717, 1.165) is 15.4 Å². The Morgan fingerprint density at radius 3 is 2.24 bits per heavy atom. The highest BCUT2D eigenvalue weighted by Gasteiger charge is 2.46. The van der Waals surface area contributed by atoms with Crippen molar-refractivity contribution in [2.75, 3.05) is 6.54 Å². The molecule has 2 aromatic carbocycles. The molecule has 0 radical (unpaired) electrons. The highest BCUT2D eigenvalue weighted by Crippen LogP contribution is 2.30. The quantitative estimate of drug-likeness (QED) is 0.452. The van der Waals surface area contributed by atoms with Crippen LogP contribution < -0.4 is 0 Å². The zero-order valence-electron chi connectivity index (χ0n) is 18.5. The molecule has 2 heterocycles. The molecular formula is C24H24N2O7S. The molecule has 2 aliphatic heterocycles. The molecule has 0 spiro atoms. The van der Waals surface area contributed by atoms with Crippen LogP contribution in [-0.2, 0) is 25.1 Å². The first-order chi connectivity index (χ1) is 16.3. The molecule has 178 valence electrons. The van der Waals surface area contributed by atoms with Gasteiger partial charge in [-0.2, -0.15) is 4.21 Å². The van der Waals surface area contributed by atoms with Crippen LogP contribution in [0.4, 0.5) is 0 Å². The summed E-state index contributed by atoms with van der Waals surface area (Å²) in [4.78, 5) is 53.3. The lowest BCUT2D eigenvalue weighted by Crippen LogP contribution is -2.56. The number of likely N-dealkylation sites (tertiary alicyclic amines) is 1. The second-order valence-corrected chi connectivity index (χ2v) is 8.95. The summed E-state index contributed by atoms with van der Waals surface area (Å²) in [5, 5.41) is 0. The first kappa shape index (κ1) is 23.9. The zero-order valence-corrected chi connectivity index (χ0v) is 19.3. The van der Waals surface area contributed by atoms with Crippen LogP contribution in [0, 0.1) is 6.92 Å². The Bertz CT molecular complexity index is 1130. The van der Waals surface area contributed by atoms with Crippen LogP contribution in [0.15, 0.2) is 48.5 Å². The third-order valence-electron chi connectivity index (χ3n) is 6.12. The Balaban J connectivity index is 1.44. The SMILES string of the molecule is Cc1ccc(C(CCCN2C(=O)CCC(N3C(=O)c4ccccc4C3=O)C2=O)OS(=O)O)cc1. The van der Waals surface area contributed by atoms with Gasteiger partial charge in [0.1, 0.15) is 12.1 Å². The van der Waals surface area contributed by atoms with Crippen molar-refractivity contribution in [3.63, 3.8) is 0 Å². The zero-order chi connectivity index (χ0) is 24.4. The Hall–Kier alpha value is -3.21. The third-order valence-corrected chi connectivity index (χ3v) is 6.51. The van der Waals surface area contributed by atoms with Crippen molar-refractivity contribution in [2.45, 2.75) is 44.8 Å². The number of amides is 4. The number of fused-ring (bicyclic) bond motifs is 1. The van der Waals surface area contributed by atoms with Gasteiger partial charge in [0.25, 0.3) is 17.7 Å². The van der Waals surface area contributed by atoms with E-state index in [0.29, 0.717) is 12.0 Å². The molecule has 4 rings (SSSR count). The van der Waals surface area contributed by atoms with Crippen LogP contribution in [0.1, 0.15) is 63.6 Å². The monoisotopic (exact) mass is 484 g/mol. The van der Waals surface area contributed by atoms with E-state index in [9.17, 15) is 27.9 Å². The summed E-state index contributed by atoms with van der Waals surface area (Å²) in [7, 11) is 0.